The molecular weight excluding hydrogens is 393 g/mol. The highest BCUT2D eigenvalue weighted by Crippen LogP contribution is 2.23. The number of imidazole rings is 1. The van der Waals surface area contributed by atoms with E-state index in [9.17, 15) is 4.91 Å². The fourth-order valence-electron chi connectivity index (χ4n) is 2.32. The molecule has 0 amide bonds. The number of aromatic nitrogens is 3. The summed E-state index contributed by atoms with van der Waals surface area (Å²) < 4.78 is 2.92. The predicted octanol–water partition coefficient (Wildman–Crippen LogP) is 3.94. The van der Waals surface area contributed by atoms with Crippen LogP contribution in [0.15, 0.2) is 48.0 Å². The Kier molecular flexibility index (Phi) is 4.62. The van der Waals surface area contributed by atoms with Crippen molar-refractivity contribution < 1.29 is 0 Å². The van der Waals surface area contributed by atoms with Crippen molar-refractivity contribution in [3.63, 3.8) is 0 Å². The molecule has 22 heavy (non-hydrogen) atoms. The largest absolute Gasteiger partial charge is 0.384 e. The first-order valence-corrected chi connectivity index (χ1v) is 7.98. The van der Waals surface area contributed by atoms with Crippen LogP contribution in [-0.4, -0.2) is 21.1 Å². The summed E-state index contributed by atoms with van der Waals surface area (Å²) >= 11 is 2.28. The molecule has 0 fully saturated rings. The lowest BCUT2D eigenvalue weighted by Crippen LogP contribution is -2.06. The summed E-state index contributed by atoms with van der Waals surface area (Å²) in [7, 11) is 0. The third kappa shape index (κ3) is 3.24. The summed E-state index contributed by atoms with van der Waals surface area (Å²) in [6.07, 6.45) is 6.03. The molecule has 0 atom stereocenters. The van der Waals surface area contributed by atoms with Crippen molar-refractivity contribution in [2.75, 3.05) is 11.9 Å². The monoisotopic (exact) mass is 407 g/mol. The predicted molar refractivity (Wildman–Crippen MR) is 95.2 cm³/mol. The third-order valence-electron chi connectivity index (χ3n) is 3.37. The summed E-state index contributed by atoms with van der Waals surface area (Å²) in [5, 5.41) is 7.42. The van der Waals surface area contributed by atoms with Gasteiger partial charge in [-0.05, 0) is 53.3 Å². The first kappa shape index (κ1) is 14.9. The number of nitroso groups, excluding NO2 is 1. The van der Waals surface area contributed by atoms with Gasteiger partial charge in [-0.3, -0.25) is 4.98 Å². The lowest BCUT2D eigenvalue weighted by Gasteiger charge is -2.10. The fraction of sp³-hybridized carbons (Fsp3) is 0.200. The van der Waals surface area contributed by atoms with Gasteiger partial charge in [0.05, 0.1) is 5.52 Å². The summed E-state index contributed by atoms with van der Waals surface area (Å²) in [5.41, 5.74) is 2.06. The third-order valence-corrected chi connectivity index (χ3v) is 4.04. The Morgan fingerprint density at radius 1 is 1.23 bits per heavy atom. The van der Waals surface area contributed by atoms with Crippen LogP contribution in [-0.2, 0) is 6.54 Å². The summed E-state index contributed by atoms with van der Waals surface area (Å²) in [6, 6.07) is 8.19. The second kappa shape index (κ2) is 6.82. The van der Waals surface area contributed by atoms with Gasteiger partial charge >= 0.3 is 0 Å². The highest BCUT2D eigenvalue weighted by Gasteiger charge is 2.04. The van der Waals surface area contributed by atoms with Crippen LogP contribution in [0, 0.1) is 8.48 Å². The van der Waals surface area contributed by atoms with Gasteiger partial charge in [0.15, 0.2) is 0 Å². The van der Waals surface area contributed by atoms with E-state index >= 15 is 0 Å². The average Bonchev–Trinajstić information content (AvgIpc) is 2.98. The molecule has 0 saturated carbocycles. The maximum atomic E-state index is 10.6. The van der Waals surface area contributed by atoms with Gasteiger partial charge in [0.1, 0.15) is 0 Å². The van der Waals surface area contributed by atoms with Crippen LogP contribution in [0.1, 0.15) is 6.42 Å². The maximum absolute atomic E-state index is 10.6. The lowest BCUT2D eigenvalue weighted by molar-refractivity contribution is 0.664. The summed E-state index contributed by atoms with van der Waals surface area (Å²) in [6.45, 7) is 1.50. The molecule has 0 bridgehead atoms. The summed E-state index contributed by atoms with van der Waals surface area (Å²) in [4.78, 5) is 18.8. The molecule has 2 heterocycles. The lowest BCUT2D eigenvalue weighted by atomic mass is 10.2. The molecule has 3 aromatic rings. The number of rotatable bonds is 6. The van der Waals surface area contributed by atoms with Crippen molar-refractivity contribution in [2.24, 2.45) is 5.18 Å². The standard InChI is InChI=1S/C15H14IN5O/c16-11-2-3-12-13(4-6-18-14(12)10-11)17-5-1-8-21-9-7-19-15(21)20-22/h2-4,6-7,9-10H,1,5,8H2,(H,17,18). The van der Waals surface area contributed by atoms with E-state index in [4.69, 9.17) is 0 Å². The maximum Gasteiger partial charge on any atom is 0.271 e. The van der Waals surface area contributed by atoms with Crippen molar-refractivity contribution in [1.82, 2.24) is 14.5 Å². The topological polar surface area (TPSA) is 72.2 Å². The Labute approximate surface area is 141 Å². The molecule has 0 saturated heterocycles. The quantitative estimate of drug-likeness (QED) is 0.382. The molecule has 0 unspecified atom stereocenters. The van der Waals surface area contributed by atoms with Crippen molar-refractivity contribution in [2.45, 2.75) is 13.0 Å². The number of hydrogen-bond acceptors (Lipinski definition) is 5. The second-order valence-corrected chi connectivity index (χ2v) is 6.06. The van der Waals surface area contributed by atoms with E-state index in [0.29, 0.717) is 6.54 Å². The number of benzene rings is 1. The molecular formula is C15H14IN5O. The molecule has 0 radical (unpaired) electrons. The fourth-order valence-corrected chi connectivity index (χ4v) is 2.79. The van der Waals surface area contributed by atoms with Gasteiger partial charge in [0.25, 0.3) is 5.95 Å². The minimum atomic E-state index is 0.226. The van der Waals surface area contributed by atoms with Crippen molar-refractivity contribution >= 4 is 45.1 Å². The van der Waals surface area contributed by atoms with Crippen LogP contribution in [0.3, 0.4) is 0 Å². The highest BCUT2D eigenvalue weighted by molar-refractivity contribution is 14.1. The van der Waals surface area contributed by atoms with Gasteiger partial charge in [-0.25, -0.2) is 4.98 Å². The van der Waals surface area contributed by atoms with Crippen molar-refractivity contribution in [1.29, 1.82) is 0 Å². The van der Waals surface area contributed by atoms with E-state index in [1.165, 1.54) is 3.57 Å². The normalized spacial score (nSPS) is 10.8. The Morgan fingerprint density at radius 2 is 2.14 bits per heavy atom. The SMILES string of the molecule is O=Nc1nccn1CCCNc1ccnc2cc(I)ccc12. The van der Waals surface area contributed by atoms with Crippen LogP contribution in [0.5, 0.6) is 0 Å². The van der Waals surface area contributed by atoms with Crippen molar-refractivity contribution in [3.8, 4) is 0 Å². The number of anilines is 1. The number of nitrogens with zero attached hydrogens (tertiary/aromatic N) is 4. The zero-order chi connectivity index (χ0) is 15.4. The van der Waals surface area contributed by atoms with E-state index in [2.05, 4.69) is 61.3 Å². The first-order chi connectivity index (χ1) is 10.8. The Hall–Kier alpha value is -2.03. The molecule has 0 aliphatic rings. The molecule has 3 rings (SSSR count). The zero-order valence-corrected chi connectivity index (χ0v) is 13.9. The van der Waals surface area contributed by atoms with E-state index in [0.717, 1.165) is 29.6 Å². The highest BCUT2D eigenvalue weighted by atomic mass is 127. The van der Waals surface area contributed by atoms with Gasteiger partial charge < -0.3 is 9.88 Å². The zero-order valence-electron chi connectivity index (χ0n) is 11.7. The van der Waals surface area contributed by atoms with Gasteiger partial charge in [-0.2, -0.15) is 0 Å². The molecule has 0 aliphatic heterocycles. The Balaban J connectivity index is 1.63. The van der Waals surface area contributed by atoms with Gasteiger partial charge in [-0.15, -0.1) is 4.91 Å². The smallest absolute Gasteiger partial charge is 0.271 e. The number of aryl methyl sites for hydroxylation is 1. The van der Waals surface area contributed by atoms with Crippen LogP contribution in [0.2, 0.25) is 0 Å². The van der Waals surface area contributed by atoms with E-state index in [-0.39, 0.29) is 5.95 Å². The van der Waals surface area contributed by atoms with Gasteiger partial charge in [0.2, 0.25) is 0 Å². The summed E-state index contributed by atoms with van der Waals surface area (Å²) in [5.74, 6) is 0.226. The number of halogens is 1. The second-order valence-electron chi connectivity index (χ2n) is 4.81. The molecule has 7 heteroatoms. The molecule has 2 aromatic heterocycles. The van der Waals surface area contributed by atoms with Crippen molar-refractivity contribution in [3.05, 3.63) is 51.3 Å². The van der Waals surface area contributed by atoms with E-state index in [1.807, 2.05) is 12.3 Å². The minimum Gasteiger partial charge on any atom is -0.384 e. The molecule has 1 aromatic carbocycles. The number of nitrogens with one attached hydrogen (secondary N) is 1. The van der Waals surface area contributed by atoms with Crippen LogP contribution < -0.4 is 5.32 Å². The average molecular weight is 407 g/mol. The molecule has 1 N–H and O–H groups in total. The Morgan fingerprint density at radius 3 is 3.00 bits per heavy atom. The molecule has 0 spiro atoms. The molecule has 112 valence electrons. The van der Waals surface area contributed by atoms with Crippen LogP contribution >= 0.6 is 22.6 Å². The van der Waals surface area contributed by atoms with Crippen LogP contribution in [0.4, 0.5) is 11.6 Å². The van der Waals surface area contributed by atoms with E-state index in [1.54, 1.807) is 17.0 Å². The van der Waals surface area contributed by atoms with E-state index < -0.39 is 0 Å². The van der Waals surface area contributed by atoms with Gasteiger partial charge in [-0.1, -0.05) is 0 Å². The number of fused-ring (bicyclic) bond motifs is 1. The molecule has 0 aliphatic carbocycles. The minimum absolute atomic E-state index is 0.226. The first-order valence-electron chi connectivity index (χ1n) is 6.90. The van der Waals surface area contributed by atoms with Gasteiger partial charge in [0, 0.05) is 51.5 Å². The van der Waals surface area contributed by atoms with Crippen LogP contribution in [0.25, 0.3) is 10.9 Å². The molecule has 6 nitrogen and oxygen atoms in total. The Bertz CT molecular complexity index is 801. The number of pyridine rings is 1. The number of hydrogen-bond donors (Lipinski definition) is 1.